The molecule has 0 aromatic heterocycles. The average Bonchev–Trinajstić information content (AvgIpc) is 2.74. The Morgan fingerprint density at radius 2 is 1.70 bits per heavy atom. The van der Waals surface area contributed by atoms with E-state index in [1.807, 2.05) is 31.2 Å². The van der Waals surface area contributed by atoms with Crippen LogP contribution in [0.2, 0.25) is 0 Å². The Hall–Kier alpha value is -3.41. The number of carbonyl (C=O) groups is 2. The highest BCUT2D eigenvalue weighted by molar-refractivity contribution is 5.95. The second-order valence-electron chi connectivity index (χ2n) is 7.23. The summed E-state index contributed by atoms with van der Waals surface area (Å²) >= 11 is 0. The molecule has 0 saturated heterocycles. The minimum absolute atomic E-state index is 0.240. The zero-order valence-electron chi connectivity index (χ0n) is 17.4. The highest BCUT2D eigenvalue weighted by atomic mass is 19.1. The highest BCUT2D eigenvalue weighted by Crippen LogP contribution is 2.43. The minimum Gasteiger partial charge on any atom is -0.469 e. The van der Waals surface area contributed by atoms with Gasteiger partial charge in [-0.05, 0) is 49.8 Å². The molecule has 0 unspecified atom stereocenters. The summed E-state index contributed by atoms with van der Waals surface area (Å²) < 4.78 is 24.1. The first-order valence-corrected chi connectivity index (χ1v) is 9.53. The van der Waals surface area contributed by atoms with Gasteiger partial charge in [0.15, 0.2) is 0 Å². The van der Waals surface area contributed by atoms with Gasteiger partial charge < -0.3 is 14.8 Å². The van der Waals surface area contributed by atoms with Gasteiger partial charge in [0.2, 0.25) is 0 Å². The highest BCUT2D eigenvalue weighted by Gasteiger charge is 2.42. The van der Waals surface area contributed by atoms with E-state index in [2.05, 4.69) is 5.32 Å². The molecule has 156 valence electrons. The molecule has 0 fully saturated rings. The number of ether oxygens (including phenoxy) is 2. The number of aryl methyl sites for hydroxylation is 1. The van der Waals surface area contributed by atoms with Gasteiger partial charge in [-0.25, -0.2) is 9.18 Å². The summed E-state index contributed by atoms with van der Waals surface area (Å²) in [5.74, 6) is -3.11. The molecule has 3 rings (SSSR count). The first kappa shape index (κ1) is 21.3. The molecule has 1 N–H and O–H groups in total. The molecule has 6 heteroatoms. The summed E-state index contributed by atoms with van der Waals surface area (Å²) in [5, 5.41) is 3.25. The van der Waals surface area contributed by atoms with Crippen molar-refractivity contribution < 1.29 is 23.5 Å². The van der Waals surface area contributed by atoms with Crippen molar-refractivity contribution in [1.29, 1.82) is 0 Å². The molecular formula is C24H24FNO4. The summed E-state index contributed by atoms with van der Waals surface area (Å²) in [4.78, 5) is 25.5. The Kier molecular flexibility index (Phi) is 6.35. The molecule has 0 bridgehead atoms. The summed E-state index contributed by atoms with van der Waals surface area (Å²) in [5.41, 5.74) is 3.79. The molecule has 2 aromatic rings. The van der Waals surface area contributed by atoms with Crippen LogP contribution in [0.1, 0.15) is 24.0 Å². The second-order valence-corrected chi connectivity index (χ2v) is 7.23. The van der Waals surface area contributed by atoms with E-state index in [4.69, 9.17) is 9.47 Å². The number of hydrogen-bond donors (Lipinski definition) is 1. The van der Waals surface area contributed by atoms with Crippen molar-refractivity contribution in [2.24, 2.45) is 5.92 Å². The number of methoxy groups -OCH3 is 2. The van der Waals surface area contributed by atoms with Crippen LogP contribution in [0.4, 0.5) is 10.1 Å². The fourth-order valence-corrected chi connectivity index (χ4v) is 3.74. The molecule has 0 spiro atoms. The molecule has 1 aliphatic rings. The van der Waals surface area contributed by atoms with Gasteiger partial charge in [-0.3, -0.25) is 4.79 Å². The Bertz CT molecular complexity index is 1020. The van der Waals surface area contributed by atoms with Crippen molar-refractivity contribution in [3.05, 3.63) is 88.4 Å². The van der Waals surface area contributed by atoms with Crippen molar-refractivity contribution >= 4 is 17.6 Å². The molecule has 0 radical (unpaired) electrons. The number of anilines is 1. The molecular weight excluding hydrogens is 385 g/mol. The molecule has 1 aliphatic carbocycles. The van der Waals surface area contributed by atoms with Gasteiger partial charge in [-0.2, -0.15) is 0 Å². The van der Waals surface area contributed by atoms with Crippen LogP contribution in [0, 0.1) is 18.7 Å². The van der Waals surface area contributed by atoms with Gasteiger partial charge in [0, 0.05) is 17.3 Å². The van der Waals surface area contributed by atoms with E-state index in [0.717, 1.165) is 11.3 Å². The predicted molar refractivity (Wildman–Crippen MR) is 112 cm³/mol. The normalized spacial score (nSPS) is 18.5. The zero-order chi connectivity index (χ0) is 21.8. The Morgan fingerprint density at radius 3 is 2.30 bits per heavy atom. The van der Waals surface area contributed by atoms with Gasteiger partial charge in [0.05, 0.1) is 25.7 Å². The second kappa shape index (κ2) is 8.95. The molecule has 0 amide bonds. The summed E-state index contributed by atoms with van der Waals surface area (Å²) in [7, 11) is 2.57. The van der Waals surface area contributed by atoms with Crippen LogP contribution in [0.3, 0.4) is 0 Å². The van der Waals surface area contributed by atoms with Gasteiger partial charge >= 0.3 is 11.9 Å². The van der Waals surface area contributed by atoms with Crippen molar-refractivity contribution in [3.8, 4) is 0 Å². The van der Waals surface area contributed by atoms with E-state index in [-0.39, 0.29) is 5.57 Å². The van der Waals surface area contributed by atoms with Crippen molar-refractivity contribution in [2.45, 2.75) is 19.8 Å². The average molecular weight is 409 g/mol. The number of benzene rings is 2. The first-order valence-electron chi connectivity index (χ1n) is 9.53. The van der Waals surface area contributed by atoms with E-state index in [1.165, 1.54) is 26.4 Å². The van der Waals surface area contributed by atoms with Gasteiger partial charge in [0.1, 0.15) is 5.82 Å². The van der Waals surface area contributed by atoms with Crippen LogP contribution < -0.4 is 5.32 Å². The predicted octanol–water partition coefficient (Wildman–Crippen LogP) is 4.51. The number of nitrogens with one attached hydrogen (secondary N) is 1. The van der Waals surface area contributed by atoms with E-state index >= 15 is 0 Å². The third-order valence-corrected chi connectivity index (χ3v) is 5.20. The SMILES string of the molecule is COC(=O)C1=C(Nc2ccc(C)cc2)C=C(C)[C@@H](C(=O)OC)[C@@H]1c1cccc(F)c1. The fraction of sp³-hybridized carbons (Fsp3) is 0.250. The van der Waals surface area contributed by atoms with Crippen LogP contribution in [0.25, 0.3) is 0 Å². The van der Waals surface area contributed by atoms with Crippen molar-refractivity contribution in [1.82, 2.24) is 0 Å². The standard InChI is InChI=1S/C24H24FNO4/c1-14-8-10-18(11-9-14)26-19-12-15(2)20(23(27)29-3)21(22(19)24(28)30-4)16-6-5-7-17(25)13-16/h5-13,20-21,26H,1-4H3/t20-,21+/m1/s1. The minimum atomic E-state index is -0.783. The molecule has 2 aromatic carbocycles. The maximum Gasteiger partial charge on any atom is 0.336 e. The zero-order valence-corrected chi connectivity index (χ0v) is 17.4. The topological polar surface area (TPSA) is 64.6 Å². The summed E-state index contributed by atoms with van der Waals surface area (Å²) in [6.45, 7) is 3.77. The lowest BCUT2D eigenvalue weighted by molar-refractivity contribution is -0.144. The van der Waals surface area contributed by atoms with Gasteiger partial charge in [-0.1, -0.05) is 35.4 Å². The third kappa shape index (κ3) is 4.27. The molecule has 5 nitrogen and oxygen atoms in total. The fourth-order valence-electron chi connectivity index (χ4n) is 3.74. The Labute approximate surface area is 175 Å². The van der Waals surface area contributed by atoms with Crippen LogP contribution in [-0.4, -0.2) is 26.2 Å². The van der Waals surface area contributed by atoms with E-state index < -0.39 is 29.6 Å². The van der Waals surface area contributed by atoms with Gasteiger partial charge in [0.25, 0.3) is 0 Å². The van der Waals surface area contributed by atoms with Gasteiger partial charge in [-0.15, -0.1) is 0 Å². The Morgan fingerprint density at radius 1 is 1.00 bits per heavy atom. The van der Waals surface area contributed by atoms with Crippen molar-refractivity contribution in [3.63, 3.8) is 0 Å². The summed E-state index contributed by atoms with van der Waals surface area (Å²) in [6, 6.07) is 13.6. The monoisotopic (exact) mass is 409 g/mol. The molecule has 0 heterocycles. The largest absolute Gasteiger partial charge is 0.469 e. The molecule has 0 aliphatic heterocycles. The lowest BCUT2D eigenvalue weighted by Gasteiger charge is -2.33. The third-order valence-electron chi connectivity index (χ3n) is 5.20. The van der Waals surface area contributed by atoms with E-state index in [1.54, 1.807) is 25.1 Å². The smallest absolute Gasteiger partial charge is 0.336 e. The molecule has 0 saturated carbocycles. The maximum absolute atomic E-state index is 14.0. The van der Waals surface area contributed by atoms with Crippen LogP contribution in [-0.2, 0) is 19.1 Å². The molecule has 30 heavy (non-hydrogen) atoms. The number of esters is 2. The van der Waals surface area contributed by atoms with Crippen LogP contribution >= 0.6 is 0 Å². The maximum atomic E-state index is 14.0. The lowest BCUT2D eigenvalue weighted by atomic mass is 9.72. The number of allylic oxidation sites excluding steroid dienone is 1. The van der Waals surface area contributed by atoms with E-state index in [0.29, 0.717) is 16.8 Å². The number of hydrogen-bond acceptors (Lipinski definition) is 5. The first-order chi connectivity index (χ1) is 14.3. The van der Waals surface area contributed by atoms with E-state index in [9.17, 15) is 14.0 Å². The van der Waals surface area contributed by atoms with Crippen LogP contribution in [0.15, 0.2) is 71.5 Å². The number of halogens is 1. The summed E-state index contributed by atoms with van der Waals surface area (Å²) in [6.07, 6.45) is 1.74. The molecule has 2 atom stereocenters. The van der Waals surface area contributed by atoms with Crippen LogP contribution in [0.5, 0.6) is 0 Å². The number of carbonyl (C=O) groups excluding carboxylic acids is 2. The quantitative estimate of drug-likeness (QED) is 0.737. The van der Waals surface area contributed by atoms with Crippen molar-refractivity contribution in [2.75, 3.05) is 19.5 Å². The lowest BCUT2D eigenvalue weighted by Crippen LogP contribution is -2.33. The Balaban J connectivity index is 2.21. The number of rotatable bonds is 5.